The number of ether oxygens (including phenoxy) is 1. The zero-order chi connectivity index (χ0) is 19.9. The molecule has 3 rings (SSSR count). The van der Waals surface area contributed by atoms with Crippen molar-refractivity contribution in [3.8, 4) is 0 Å². The predicted molar refractivity (Wildman–Crippen MR) is 109 cm³/mol. The topological polar surface area (TPSA) is 32.8 Å². The van der Waals surface area contributed by atoms with E-state index in [2.05, 4.69) is 11.8 Å². The maximum atomic E-state index is 13.3. The number of rotatable bonds is 7. The van der Waals surface area contributed by atoms with E-state index in [0.29, 0.717) is 5.02 Å². The molecule has 0 spiro atoms. The van der Waals surface area contributed by atoms with Gasteiger partial charge in [0.05, 0.1) is 0 Å². The Bertz CT molecular complexity index is 714. The summed E-state index contributed by atoms with van der Waals surface area (Å²) in [5, 5.41) is 0.627. The van der Waals surface area contributed by atoms with Crippen molar-refractivity contribution < 1.29 is 13.9 Å². The number of benzene rings is 2. The van der Waals surface area contributed by atoms with Gasteiger partial charge in [-0.3, -0.25) is 9.69 Å². The van der Waals surface area contributed by atoms with Crippen molar-refractivity contribution in [2.75, 3.05) is 39.3 Å². The van der Waals surface area contributed by atoms with Crippen LogP contribution in [-0.2, 0) is 9.53 Å². The van der Waals surface area contributed by atoms with Crippen molar-refractivity contribution in [1.82, 2.24) is 9.80 Å². The van der Waals surface area contributed by atoms with Crippen LogP contribution in [0.3, 0.4) is 0 Å². The molecule has 2 aromatic rings. The number of hydrogen-bond donors (Lipinski definition) is 0. The van der Waals surface area contributed by atoms with Gasteiger partial charge in [0.1, 0.15) is 18.5 Å². The predicted octanol–water partition coefficient (Wildman–Crippen LogP) is 4.14. The van der Waals surface area contributed by atoms with Crippen LogP contribution in [0.15, 0.2) is 48.5 Å². The molecule has 1 amide bonds. The van der Waals surface area contributed by atoms with Crippen LogP contribution in [0.1, 0.15) is 30.6 Å². The Kier molecular flexibility index (Phi) is 7.43. The average molecular weight is 405 g/mol. The molecule has 1 aliphatic rings. The second-order valence-corrected chi connectivity index (χ2v) is 7.45. The van der Waals surface area contributed by atoms with Crippen LogP contribution < -0.4 is 0 Å². The smallest absolute Gasteiger partial charge is 0.248 e. The molecule has 4 nitrogen and oxygen atoms in total. The number of halogens is 2. The van der Waals surface area contributed by atoms with Crippen molar-refractivity contribution in [2.45, 2.75) is 19.4 Å². The van der Waals surface area contributed by atoms with Gasteiger partial charge < -0.3 is 9.64 Å². The maximum Gasteiger partial charge on any atom is 0.248 e. The number of nitrogens with zero attached hydrogens (tertiary/aromatic N) is 2. The lowest BCUT2D eigenvalue weighted by atomic mass is 10.0. The third-order valence-corrected chi connectivity index (χ3v) is 5.24. The highest BCUT2D eigenvalue weighted by Gasteiger charge is 2.23. The SMILES string of the molecule is CCCN1CCN(C(=O)COC(c2ccc(F)cc2)c2ccc(Cl)cc2)CC1. The van der Waals surface area contributed by atoms with Gasteiger partial charge in [-0.25, -0.2) is 4.39 Å². The van der Waals surface area contributed by atoms with E-state index in [4.69, 9.17) is 16.3 Å². The van der Waals surface area contributed by atoms with E-state index < -0.39 is 6.10 Å². The second kappa shape index (κ2) is 10.0. The van der Waals surface area contributed by atoms with Gasteiger partial charge in [-0.15, -0.1) is 0 Å². The summed E-state index contributed by atoms with van der Waals surface area (Å²) in [5.74, 6) is -0.322. The fourth-order valence-corrected chi connectivity index (χ4v) is 3.57. The van der Waals surface area contributed by atoms with E-state index in [1.54, 1.807) is 24.3 Å². The van der Waals surface area contributed by atoms with Gasteiger partial charge in [0, 0.05) is 31.2 Å². The van der Waals surface area contributed by atoms with Crippen molar-refractivity contribution in [2.24, 2.45) is 0 Å². The first-order chi connectivity index (χ1) is 13.6. The molecule has 2 aromatic carbocycles. The fourth-order valence-electron chi connectivity index (χ4n) is 3.44. The molecule has 0 saturated carbocycles. The lowest BCUT2D eigenvalue weighted by Crippen LogP contribution is -2.49. The van der Waals surface area contributed by atoms with Gasteiger partial charge in [-0.2, -0.15) is 0 Å². The van der Waals surface area contributed by atoms with E-state index in [9.17, 15) is 9.18 Å². The zero-order valence-electron chi connectivity index (χ0n) is 16.1. The molecule has 150 valence electrons. The Morgan fingerprint density at radius 2 is 1.61 bits per heavy atom. The van der Waals surface area contributed by atoms with Crippen LogP contribution in [0.5, 0.6) is 0 Å². The molecule has 0 bridgehead atoms. The highest BCUT2D eigenvalue weighted by atomic mass is 35.5. The minimum atomic E-state index is -0.455. The number of carbonyl (C=O) groups excluding carboxylic acids is 1. The van der Waals surface area contributed by atoms with Crippen molar-refractivity contribution >= 4 is 17.5 Å². The molecular weight excluding hydrogens is 379 g/mol. The van der Waals surface area contributed by atoms with Gasteiger partial charge >= 0.3 is 0 Å². The van der Waals surface area contributed by atoms with E-state index in [-0.39, 0.29) is 18.3 Å². The summed E-state index contributed by atoms with van der Waals surface area (Å²) in [4.78, 5) is 16.9. The summed E-state index contributed by atoms with van der Waals surface area (Å²) < 4.78 is 19.3. The Balaban J connectivity index is 1.65. The average Bonchev–Trinajstić information content (AvgIpc) is 2.71. The van der Waals surface area contributed by atoms with Crippen LogP contribution >= 0.6 is 11.6 Å². The van der Waals surface area contributed by atoms with Crippen LogP contribution in [0.4, 0.5) is 4.39 Å². The third kappa shape index (κ3) is 5.53. The first-order valence-electron chi connectivity index (χ1n) is 9.69. The summed E-state index contributed by atoms with van der Waals surface area (Å²) in [5.41, 5.74) is 1.67. The van der Waals surface area contributed by atoms with E-state index in [1.807, 2.05) is 17.0 Å². The van der Waals surface area contributed by atoms with E-state index in [0.717, 1.165) is 50.3 Å². The molecule has 1 atom stereocenters. The Labute approximate surface area is 170 Å². The summed E-state index contributed by atoms with van der Waals surface area (Å²) in [6.45, 7) is 6.48. The molecule has 6 heteroatoms. The second-order valence-electron chi connectivity index (χ2n) is 7.02. The number of amides is 1. The molecule has 0 radical (unpaired) electrons. The van der Waals surface area contributed by atoms with Gasteiger partial charge in [0.2, 0.25) is 5.91 Å². The zero-order valence-corrected chi connectivity index (χ0v) is 16.9. The molecule has 0 aliphatic carbocycles. The van der Waals surface area contributed by atoms with Crippen LogP contribution in [-0.4, -0.2) is 55.0 Å². The van der Waals surface area contributed by atoms with E-state index >= 15 is 0 Å². The van der Waals surface area contributed by atoms with Gasteiger partial charge in [0.25, 0.3) is 0 Å². The molecular formula is C22H26ClFN2O2. The van der Waals surface area contributed by atoms with E-state index in [1.165, 1.54) is 12.1 Å². The normalized spacial score (nSPS) is 16.2. The lowest BCUT2D eigenvalue weighted by Gasteiger charge is -2.34. The van der Waals surface area contributed by atoms with Gasteiger partial charge in [0.15, 0.2) is 0 Å². The Hall–Kier alpha value is -1.95. The third-order valence-electron chi connectivity index (χ3n) is 4.98. The molecule has 0 N–H and O–H groups in total. The number of hydrogen-bond acceptors (Lipinski definition) is 3. The lowest BCUT2D eigenvalue weighted by molar-refractivity contribution is -0.139. The quantitative estimate of drug-likeness (QED) is 0.695. The summed E-state index contributed by atoms with van der Waals surface area (Å²) in [6, 6.07) is 13.5. The Morgan fingerprint density at radius 3 is 2.18 bits per heavy atom. The minimum Gasteiger partial charge on any atom is -0.359 e. The maximum absolute atomic E-state index is 13.3. The van der Waals surface area contributed by atoms with Crippen molar-refractivity contribution in [3.63, 3.8) is 0 Å². The first kappa shape index (κ1) is 20.8. The van der Waals surface area contributed by atoms with Crippen LogP contribution in [0.2, 0.25) is 5.02 Å². The minimum absolute atomic E-state index is 0.0154. The largest absolute Gasteiger partial charge is 0.359 e. The Morgan fingerprint density at radius 1 is 1.04 bits per heavy atom. The first-order valence-corrected chi connectivity index (χ1v) is 10.1. The molecule has 1 aliphatic heterocycles. The summed E-state index contributed by atoms with van der Waals surface area (Å²) in [7, 11) is 0. The van der Waals surface area contributed by atoms with Crippen molar-refractivity contribution in [1.29, 1.82) is 0 Å². The van der Waals surface area contributed by atoms with Gasteiger partial charge in [-0.05, 0) is 48.4 Å². The monoisotopic (exact) mass is 404 g/mol. The highest BCUT2D eigenvalue weighted by Crippen LogP contribution is 2.27. The molecule has 1 fully saturated rings. The summed E-state index contributed by atoms with van der Waals surface area (Å²) >= 11 is 5.99. The van der Waals surface area contributed by atoms with Crippen molar-refractivity contribution in [3.05, 3.63) is 70.5 Å². The number of piperazine rings is 1. The highest BCUT2D eigenvalue weighted by molar-refractivity contribution is 6.30. The standard InChI is InChI=1S/C22H26ClFN2O2/c1-2-11-25-12-14-26(15-13-25)21(27)16-28-22(17-3-7-19(23)8-4-17)18-5-9-20(24)10-6-18/h3-10,22H,2,11-16H2,1H3. The number of carbonyl (C=O) groups is 1. The molecule has 1 saturated heterocycles. The van der Waals surface area contributed by atoms with Crippen LogP contribution in [0.25, 0.3) is 0 Å². The summed E-state index contributed by atoms with van der Waals surface area (Å²) in [6.07, 6.45) is 0.667. The van der Waals surface area contributed by atoms with Crippen LogP contribution in [0, 0.1) is 5.82 Å². The fraction of sp³-hybridized carbons (Fsp3) is 0.409. The van der Waals surface area contributed by atoms with Gasteiger partial charge in [-0.1, -0.05) is 42.8 Å². The molecule has 0 aromatic heterocycles. The molecule has 1 unspecified atom stereocenters. The molecule has 28 heavy (non-hydrogen) atoms. The molecule has 1 heterocycles.